The number of hydrogen-bond acceptors (Lipinski definition) is 2. The summed E-state index contributed by atoms with van der Waals surface area (Å²) in [6.07, 6.45) is 3.48. The van der Waals surface area contributed by atoms with Gasteiger partial charge >= 0.3 is 0 Å². The van der Waals surface area contributed by atoms with Crippen molar-refractivity contribution in [2.45, 2.75) is 18.9 Å². The zero-order valence-electron chi connectivity index (χ0n) is 14.0. The minimum Gasteiger partial charge on any atom is -0.322 e. The number of nitrogens with one attached hydrogen (secondary N) is 1. The number of rotatable bonds is 3. The summed E-state index contributed by atoms with van der Waals surface area (Å²) in [5.74, 6) is -0.882. The molecule has 1 aliphatic rings. The van der Waals surface area contributed by atoms with Gasteiger partial charge in [0, 0.05) is 11.9 Å². The van der Waals surface area contributed by atoms with Crippen LogP contribution in [0.15, 0.2) is 71.7 Å². The third-order valence-electron chi connectivity index (χ3n) is 4.76. The van der Waals surface area contributed by atoms with Gasteiger partial charge in [0.1, 0.15) is 11.4 Å². The molecule has 1 unspecified atom stereocenters. The van der Waals surface area contributed by atoms with Crippen molar-refractivity contribution >= 4 is 11.6 Å². The molecule has 1 aliphatic carbocycles. The average Bonchev–Trinajstić information content (AvgIpc) is 3.08. The number of hydrogen-bond donors (Lipinski definition) is 1. The van der Waals surface area contributed by atoms with Gasteiger partial charge in [0.05, 0.1) is 6.04 Å². The Morgan fingerprint density at radius 1 is 1.04 bits per heavy atom. The van der Waals surface area contributed by atoms with Crippen molar-refractivity contribution < 1.29 is 9.18 Å². The normalized spacial score (nSPS) is 15.5. The Morgan fingerprint density at radius 2 is 1.81 bits per heavy atom. The lowest BCUT2D eigenvalue weighted by atomic mass is 10.1. The summed E-state index contributed by atoms with van der Waals surface area (Å²) < 4.78 is 14.6. The van der Waals surface area contributed by atoms with Gasteiger partial charge in [-0.15, -0.1) is 0 Å². The Hall–Kier alpha value is -3.21. The molecule has 0 saturated carbocycles. The first-order valence-corrected chi connectivity index (χ1v) is 8.49. The third kappa shape index (κ3) is 2.92. The Bertz CT molecular complexity index is 1020. The van der Waals surface area contributed by atoms with Crippen LogP contribution in [0.1, 0.15) is 33.9 Å². The molecule has 0 bridgehead atoms. The predicted molar refractivity (Wildman–Crippen MR) is 98.0 cm³/mol. The van der Waals surface area contributed by atoms with Crippen molar-refractivity contribution in [1.82, 2.24) is 4.57 Å². The van der Waals surface area contributed by atoms with Crippen molar-refractivity contribution in [3.8, 4) is 0 Å². The van der Waals surface area contributed by atoms with E-state index in [-0.39, 0.29) is 23.0 Å². The van der Waals surface area contributed by atoms with Crippen molar-refractivity contribution in [3.63, 3.8) is 0 Å². The van der Waals surface area contributed by atoms with Gasteiger partial charge < -0.3 is 9.88 Å². The standard InChI is InChI=1S/C21H17FN2O2/c22-15-8-10-16(11-9-15)23-20(25)18-6-3-13-24(21(18)26)19-12-7-14-4-1-2-5-17(14)19/h1-6,8-11,13,19H,7,12H2,(H,23,25). The molecule has 0 aliphatic heterocycles. The van der Waals surface area contributed by atoms with Crippen LogP contribution in [-0.4, -0.2) is 10.5 Å². The number of halogens is 1. The first kappa shape index (κ1) is 16.3. The van der Waals surface area contributed by atoms with Crippen molar-refractivity contribution in [3.05, 3.63) is 99.7 Å². The fourth-order valence-electron chi connectivity index (χ4n) is 3.48. The summed E-state index contributed by atoms with van der Waals surface area (Å²) in [6.45, 7) is 0. The Labute approximate surface area is 149 Å². The van der Waals surface area contributed by atoms with Gasteiger partial charge in [0.25, 0.3) is 11.5 Å². The largest absolute Gasteiger partial charge is 0.322 e. The number of carbonyl (C=O) groups is 1. The number of pyridine rings is 1. The topological polar surface area (TPSA) is 51.1 Å². The smallest absolute Gasteiger partial charge is 0.263 e. The first-order chi connectivity index (χ1) is 12.6. The molecular formula is C21H17FN2O2. The zero-order chi connectivity index (χ0) is 18.1. The van der Waals surface area contributed by atoms with E-state index in [0.29, 0.717) is 5.69 Å². The zero-order valence-corrected chi connectivity index (χ0v) is 14.0. The Balaban J connectivity index is 1.65. The van der Waals surface area contributed by atoms with Gasteiger partial charge in [0.2, 0.25) is 0 Å². The van der Waals surface area contributed by atoms with Gasteiger partial charge in [0.15, 0.2) is 0 Å². The monoisotopic (exact) mass is 348 g/mol. The number of aromatic nitrogens is 1. The second-order valence-corrected chi connectivity index (χ2v) is 6.35. The molecule has 1 aromatic heterocycles. The minimum absolute atomic E-state index is 0.0581. The molecule has 3 aromatic rings. The number of anilines is 1. The highest BCUT2D eigenvalue weighted by atomic mass is 19.1. The van der Waals surface area contributed by atoms with E-state index in [0.717, 1.165) is 18.4 Å². The molecule has 0 fully saturated rings. The van der Waals surface area contributed by atoms with Crippen LogP contribution in [-0.2, 0) is 6.42 Å². The van der Waals surface area contributed by atoms with Gasteiger partial charge in [-0.3, -0.25) is 9.59 Å². The lowest BCUT2D eigenvalue weighted by Gasteiger charge is -2.16. The van der Waals surface area contributed by atoms with E-state index >= 15 is 0 Å². The number of carbonyl (C=O) groups excluding carboxylic acids is 1. The number of benzene rings is 2. The highest BCUT2D eigenvalue weighted by Crippen LogP contribution is 2.33. The van der Waals surface area contributed by atoms with Gasteiger partial charge in [-0.2, -0.15) is 0 Å². The summed E-state index contributed by atoms with van der Waals surface area (Å²) in [6, 6.07) is 16.7. The predicted octanol–water partition coefficient (Wildman–Crippen LogP) is 3.78. The van der Waals surface area contributed by atoms with E-state index in [1.54, 1.807) is 16.8 Å². The van der Waals surface area contributed by atoms with E-state index in [1.807, 2.05) is 18.2 Å². The van der Waals surface area contributed by atoms with Crippen molar-refractivity contribution in [1.29, 1.82) is 0 Å². The number of amides is 1. The fourth-order valence-corrected chi connectivity index (χ4v) is 3.48. The van der Waals surface area contributed by atoms with Crippen molar-refractivity contribution in [2.75, 3.05) is 5.32 Å². The molecule has 2 aromatic carbocycles. The molecule has 4 nitrogen and oxygen atoms in total. The highest BCUT2D eigenvalue weighted by molar-refractivity contribution is 6.03. The van der Waals surface area contributed by atoms with Crippen LogP contribution in [0.25, 0.3) is 0 Å². The van der Waals surface area contributed by atoms with Crippen LogP contribution in [0.3, 0.4) is 0 Å². The molecule has 26 heavy (non-hydrogen) atoms. The van der Waals surface area contributed by atoms with E-state index < -0.39 is 5.91 Å². The second-order valence-electron chi connectivity index (χ2n) is 6.35. The first-order valence-electron chi connectivity index (χ1n) is 8.49. The van der Waals surface area contributed by atoms with E-state index in [4.69, 9.17) is 0 Å². The van der Waals surface area contributed by atoms with Gasteiger partial charge in [-0.25, -0.2) is 4.39 Å². The maximum absolute atomic E-state index is 13.0. The maximum atomic E-state index is 13.0. The lowest BCUT2D eigenvalue weighted by Crippen LogP contribution is -2.30. The van der Waals surface area contributed by atoms with Crippen molar-refractivity contribution in [2.24, 2.45) is 0 Å². The molecule has 1 atom stereocenters. The van der Waals surface area contributed by atoms with Crippen LogP contribution >= 0.6 is 0 Å². The number of nitrogens with zero attached hydrogens (tertiary/aromatic N) is 1. The number of fused-ring (bicyclic) bond motifs is 1. The van der Waals surface area contributed by atoms with Gasteiger partial charge in [-0.1, -0.05) is 24.3 Å². The maximum Gasteiger partial charge on any atom is 0.263 e. The Morgan fingerprint density at radius 3 is 2.62 bits per heavy atom. The average molecular weight is 348 g/mol. The summed E-state index contributed by atoms with van der Waals surface area (Å²) >= 11 is 0. The molecule has 1 heterocycles. The molecule has 130 valence electrons. The quantitative estimate of drug-likeness (QED) is 0.783. The minimum atomic E-state index is -0.498. The molecular weight excluding hydrogens is 331 g/mol. The molecule has 1 amide bonds. The van der Waals surface area contributed by atoms with Gasteiger partial charge in [-0.05, 0) is 60.4 Å². The van der Waals surface area contributed by atoms with Crippen LogP contribution < -0.4 is 10.9 Å². The summed E-state index contributed by atoms with van der Waals surface area (Å²) in [5, 5.41) is 2.64. The van der Waals surface area contributed by atoms with Crippen LogP contribution in [0, 0.1) is 5.82 Å². The summed E-state index contributed by atoms with van der Waals surface area (Å²) in [7, 11) is 0. The lowest BCUT2D eigenvalue weighted by molar-refractivity contribution is 0.102. The van der Waals surface area contributed by atoms with E-state index in [2.05, 4.69) is 11.4 Å². The van der Waals surface area contributed by atoms with E-state index in [1.165, 1.54) is 35.9 Å². The third-order valence-corrected chi connectivity index (χ3v) is 4.76. The number of aryl methyl sites for hydroxylation is 1. The summed E-state index contributed by atoms with van der Waals surface area (Å²) in [4.78, 5) is 25.4. The molecule has 0 radical (unpaired) electrons. The molecule has 0 spiro atoms. The van der Waals surface area contributed by atoms with Crippen LogP contribution in [0.4, 0.5) is 10.1 Å². The molecule has 5 heteroatoms. The molecule has 4 rings (SSSR count). The van der Waals surface area contributed by atoms with Crippen LogP contribution in [0.2, 0.25) is 0 Å². The van der Waals surface area contributed by atoms with E-state index in [9.17, 15) is 14.0 Å². The summed E-state index contributed by atoms with van der Waals surface area (Å²) in [5.41, 5.74) is 2.56. The Kier molecular flexibility index (Phi) is 4.13. The van der Waals surface area contributed by atoms with Crippen LogP contribution in [0.5, 0.6) is 0 Å². The fraction of sp³-hybridized carbons (Fsp3) is 0.143. The SMILES string of the molecule is O=C(Nc1ccc(F)cc1)c1cccn(C2CCc3ccccc32)c1=O. The highest BCUT2D eigenvalue weighted by Gasteiger charge is 2.25. The molecule has 1 N–H and O–H groups in total. The molecule has 0 saturated heterocycles. The second kappa shape index (κ2) is 6.59.